The molecule has 0 spiro atoms. The van der Waals surface area contributed by atoms with Crippen LogP contribution in [0.15, 0.2) is 30.3 Å². The minimum atomic E-state index is -0.563. The van der Waals surface area contributed by atoms with Crippen LogP contribution in [0.5, 0.6) is 0 Å². The Labute approximate surface area is 280 Å². The van der Waals surface area contributed by atoms with Crippen LogP contribution in [0.25, 0.3) is 21.7 Å². The largest absolute Gasteiger partial charge is 0.461 e. The molecule has 47 heavy (non-hydrogen) atoms. The first-order chi connectivity index (χ1) is 22.9. The maximum atomic E-state index is 14.7. The topological polar surface area (TPSA) is 106 Å². The lowest BCUT2D eigenvalue weighted by Gasteiger charge is -2.29. The van der Waals surface area contributed by atoms with Crippen LogP contribution in [0, 0.1) is 19.8 Å². The molecule has 0 bridgehead atoms. The number of aryl methyl sites for hydroxylation is 2. The number of ether oxygens (including phenoxy) is 1. The molecule has 0 saturated carbocycles. The number of hydrogen-bond acceptors (Lipinski definition) is 6. The van der Waals surface area contributed by atoms with Gasteiger partial charge in [-0.15, -0.1) is 5.10 Å². The maximum Gasteiger partial charge on any atom is 0.359 e. The van der Waals surface area contributed by atoms with Crippen LogP contribution in [0.2, 0.25) is 0 Å². The van der Waals surface area contributed by atoms with Gasteiger partial charge in [-0.3, -0.25) is 10.00 Å². The Bertz CT molecular complexity index is 1570. The zero-order chi connectivity index (χ0) is 33.6. The number of anilines is 1. The van der Waals surface area contributed by atoms with E-state index in [0.29, 0.717) is 24.8 Å². The molecule has 0 aliphatic heterocycles. The van der Waals surface area contributed by atoms with E-state index in [9.17, 15) is 9.59 Å². The molecule has 1 amide bonds. The monoisotopic (exact) mass is 644 g/mol. The second kappa shape index (κ2) is 18.6. The van der Waals surface area contributed by atoms with Crippen LogP contribution in [-0.2, 0) is 4.74 Å². The zero-order valence-corrected chi connectivity index (χ0v) is 29.4. The third-order valence-electron chi connectivity index (χ3n) is 9.34. The highest BCUT2D eigenvalue weighted by atomic mass is 16.5. The molecule has 1 atom stereocenters. The van der Waals surface area contributed by atoms with Crippen molar-refractivity contribution in [3.8, 4) is 0 Å². The first-order valence-corrected chi connectivity index (χ1v) is 18.2. The molecule has 4 aromatic rings. The number of fused-ring (bicyclic) bond motifs is 3. The van der Waals surface area contributed by atoms with Crippen LogP contribution < -0.4 is 4.90 Å². The molecule has 9 nitrogen and oxygen atoms in total. The van der Waals surface area contributed by atoms with E-state index in [-0.39, 0.29) is 5.69 Å². The van der Waals surface area contributed by atoms with E-state index in [1.54, 1.807) is 6.92 Å². The first-order valence-electron chi connectivity index (χ1n) is 18.2. The molecule has 9 heteroatoms. The predicted molar refractivity (Wildman–Crippen MR) is 191 cm³/mol. The lowest BCUT2D eigenvalue weighted by atomic mass is 9.93. The third kappa shape index (κ3) is 9.42. The second-order valence-electron chi connectivity index (χ2n) is 13.1. The van der Waals surface area contributed by atoms with Crippen molar-refractivity contribution < 1.29 is 14.3 Å². The number of rotatable bonds is 20. The van der Waals surface area contributed by atoms with Crippen molar-refractivity contribution in [2.75, 3.05) is 18.1 Å². The van der Waals surface area contributed by atoms with Crippen molar-refractivity contribution in [3.63, 3.8) is 0 Å². The van der Waals surface area contributed by atoms with Crippen LogP contribution in [0.1, 0.15) is 139 Å². The fourth-order valence-corrected chi connectivity index (χ4v) is 6.55. The molecule has 0 aliphatic carbocycles. The van der Waals surface area contributed by atoms with Gasteiger partial charge in [-0.2, -0.15) is 9.78 Å². The van der Waals surface area contributed by atoms with Crippen molar-refractivity contribution in [1.29, 1.82) is 0 Å². The molecule has 4 rings (SSSR count). The van der Waals surface area contributed by atoms with Gasteiger partial charge in [-0.05, 0) is 45.1 Å². The van der Waals surface area contributed by atoms with Gasteiger partial charge in [-0.25, -0.2) is 9.59 Å². The maximum absolute atomic E-state index is 14.7. The normalized spacial score (nSPS) is 12.2. The highest BCUT2D eigenvalue weighted by Gasteiger charge is 2.30. The summed E-state index contributed by atoms with van der Waals surface area (Å²) in [6.45, 7) is 11.1. The number of esters is 1. The number of nitrogens with zero attached hydrogens (tertiary/aromatic N) is 5. The summed E-state index contributed by atoms with van der Waals surface area (Å²) in [6, 6.07) is 9.80. The first kappa shape index (κ1) is 36.1. The van der Waals surface area contributed by atoms with Crippen LogP contribution in [0.4, 0.5) is 10.5 Å². The highest BCUT2D eigenvalue weighted by molar-refractivity contribution is 6.13. The van der Waals surface area contributed by atoms with Crippen LogP contribution in [0.3, 0.4) is 0 Å². The number of hydrogen-bond donors (Lipinski definition) is 1. The summed E-state index contributed by atoms with van der Waals surface area (Å²) in [5.41, 5.74) is 3.15. The third-order valence-corrected chi connectivity index (χ3v) is 9.34. The van der Waals surface area contributed by atoms with Gasteiger partial charge in [0.1, 0.15) is 5.52 Å². The molecule has 256 valence electrons. The van der Waals surface area contributed by atoms with E-state index in [0.717, 1.165) is 82.7 Å². The van der Waals surface area contributed by atoms with Gasteiger partial charge in [0.05, 0.1) is 18.0 Å². The average molecular weight is 645 g/mol. The Morgan fingerprint density at radius 1 is 0.809 bits per heavy atom. The van der Waals surface area contributed by atoms with E-state index in [1.807, 2.05) is 24.0 Å². The lowest BCUT2D eigenvalue weighted by molar-refractivity contribution is 0.0485. The van der Waals surface area contributed by atoms with Gasteiger partial charge >= 0.3 is 12.0 Å². The van der Waals surface area contributed by atoms with Gasteiger partial charge in [0.15, 0.2) is 5.69 Å². The van der Waals surface area contributed by atoms with E-state index >= 15 is 0 Å². The lowest BCUT2D eigenvalue weighted by Crippen LogP contribution is -2.40. The van der Waals surface area contributed by atoms with Gasteiger partial charge in [-0.1, -0.05) is 127 Å². The molecular weight excluding hydrogens is 588 g/mol. The van der Waals surface area contributed by atoms with Crippen molar-refractivity contribution in [2.24, 2.45) is 5.92 Å². The molecule has 0 saturated heterocycles. The molecule has 0 radical (unpaired) electrons. The molecule has 0 aliphatic rings. The molecule has 2 heterocycles. The quantitative estimate of drug-likeness (QED) is 0.0758. The summed E-state index contributed by atoms with van der Waals surface area (Å²) in [5.74, 6) is -0.255. The zero-order valence-electron chi connectivity index (χ0n) is 29.4. The molecule has 1 N–H and O–H groups in total. The van der Waals surface area contributed by atoms with Crippen molar-refractivity contribution in [2.45, 2.75) is 131 Å². The number of nitrogens with one attached hydrogen (secondary N) is 1. The number of benzene rings is 2. The molecule has 1 unspecified atom stereocenters. The van der Waals surface area contributed by atoms with Gasteiger partial charge in [0.2, 0.25) is 0 Å². The SMILES string of the molecule is CCCCCCCCC(CCCCCC)CN(C(=O)n1nnc(C)c1C(=O)OCCCCC)c1cccc2c1ccc1c(C)[nH]nc12. The Balaban J connectivity index is 1.71. The number of carbonyl (C=O) groups is 2. The van der Waals surface area contributed by atoms with Crippen molar-refractivity contribution in [3.05, 3.63) is 47.4 Å². The summed E-state index contributed by atoms with van der Waals surface area (Å²) < 4.78 is 6.75. The van der Waals surface area contributed by atoms with Gasteiger partial charge < -0.3 is 4.74 Å². The summed E-state index contributed by atoms with van der Waals surface area (Å²) >= 11 is 0. The molecular formula is C38H56N6O3. The summed E-state index contributed by atoms with van der Waals surface area (Å²) in [4.78, 5) is 29.8. The predicted octanol–water partition coefficient (Wildman–Crippen LogP) is 10.1. The minimum Gasteiger partial charge on any atom is -0.461 e. The van der Waals surface area contributed by atoms with Crippen LogP contribution >= 0.6 is 0 Å². The standard InChI is InChI=1S/C38H56N6O3/c1-6-9-12-14-15-17-21-30(20-16-13-10-7-2)27-43(34-23-19-22-33-32(34)25-24-31-28(4)39-41-35(31)33)38(46)44-36(29(5)40-42-44)37(45)47-26-18-11-8-3/h19,22-25,30H,6-18,20-21,26-27H2,1-5H3,(H,39,41). The van der Waals surface area contributed by atoms with Crippen LogP contribution in [-0.4, -0.2) is 50.3 Å². The molecule has 2 aromatic carbocycles. The molecule has 0 fully saturated rings. The van der Waals surface area contributed by atoms with E-state index in [1.165, 1.54) is 51.4 Å². The van der Waals surface area contributed by atoms with Gasteiger partial charge in [0.25, 0.3) is 0 Å². The minimum absolute atomic E-state index is 0.0949. The summed E-state index contributed by atoms with van der Waals surface area (Å²) in [5, 5.41) is 19.1. The Kier molecular flexibility index (Phi) is 14.2. The van der Waals surface area contributed by atoms with E-state index in [4.69, 9.17) is 4.74 Å². The number of aromatic nitrogens is 5. The molecule has 2 aromatic heterocycles. The van der Waals surface area contributed by atoms with E-state index in [2.05, 4.69) is 59.5 Å². The number of unbranched alkanes of at least 4 members (excludes halogenated alkanes) is 10. The van der Waals surface area contributed by atoms with E-state index < -0.39 is 12.0 Å². The summed E-state index contributed by atoms with van der Waals surface area (Å²) in [6.07, 6.45) is 17.0. The highest BCUT2D eigenvalue weighted by Crippen LogP contribution is 2.34. The number of amides is 1. The Morgan fingerprint density at radius 2 is 1.45 bits per heavy atom. The fourth-order valence-electron chi connectivity index (χ4n) is 6.55. The van der Waals surface area contributed by atoms with Gasteiger partial charge in [0, 0.05) is 28.4 Å². The number of H-pyrrole nitrogens is 1. The number of carbonyl (C=O) groups excluding carboxylic acids is 2. The second-order valence-corrected chi connectivity index (χ2v) is 13.1. The fraction of sp³-hybridized carbons (Fsp3) is 0.605. The Morgan fingerprint density at radius 3 is 2.17 bits per heavy atom. The smallest absolute Gasteiger partial charge is 0.359 e. The number of aromatic amines is 1. The summed E-state index contributed by atoms with van der Waals surface area (Å²) in [7, 11) is 0. The Hall–Kier alpha value is -3.75. The van der Waals surface area contributed by atoms with Crippen molar-refractivity contribution in [1.82, 2.24) is 25.2 Å². The van der Waals surface area contributed by atoms with Crippen molar-refractivity contribution >= 4 is 39.4 Å². The average Bonchev–Trinajstić information content (AvgIpc) is 3.66.